The molecule has 0 fully saturated rings. The maximum Gasteiger partial charge on any atom is 0.417 e. The Morgan fingerprint density at radius 2 is 1.94 bits per heavy atom. The monoisotopic (exact) mass is 494 g/mol. The number of thiazole rings is 1. The van der Waals surface area contributed by atoms with Crippen LogP contribution in [0.5, 0.6) is 0 Å². The third-order valence-corrected chi connectivity index (χ3v) is 5.91. The highest BCUT2D eigenvalue weighted by molar-refractivity contribution is 7.13. The summed E-state index contributed by atoms with van der Waals surface area (Å²) in [6.45, 7) is 0.0360. The predicted molar refractivity (Wildman–Crippen MR) is 116 cm³/mol. The van der Waals surface area contributed by atoms with Gasteiger partial charge in [-0.15, -0.1) is 11.3 Å². The van der Waals surface area contributed by atoms with Crippen molar-refractivity contribution in [1.82, 2.24) is 24.8 Å². The van der Waals surface area contributed by atoms with Crippen molar-refractivity contribution in [1.29, 1.82) is 0 Å². The molecule has 0 radical (unpaired) electrons. The molecule has 0 aliphatic rings. The smallest absolute Gasteiger partial charge is 0.344 e. The lowest BCUT2D eigenvalue weighted by Crippen LogP contribution is -2.24. The van der Waals surface area contributed by atoms with Crippen molar-refractivity contribution < 1.29 is 22.8 Å². The number of aromatic nitrogens is 4. The van der Waals surface area contributed by atoms with E-state index < -0.39 is 28.6 Å². The van der Waals surface area contributed by atoms with Gasteiger partial charge in [0, 0.05) is 18.9 Å². The van der Waals surface area contributed by atoms with Gasteiger partial charge in [0.2, 0.25) is 0 Å². The minimum atomic E-state index is -4.65. The van der Waals surface area contributed by atoms with Crippen molar-refractivity contribution in [2.45, 2.75) is 12.7 Å². The summed E-state index contributed by atoms with van der Waals surface area (Å²) in [5, 5.41) is 5.64. The van der Waals surface area contributed by atoms with Crippen LogP contribution in [-0.4, -0.2) is 31.3 Å². The van der Waals surface area contributed by atoms with Crippen molar-refractivity contribution in [2.75, 3.05) is 5.32 Å². The number of halogens is 4. The van der Waals surface area contributed by atoms with E-state index in [9.17, 15) is 22.8 Å². The third-order valence-electron chi connectivity index (χ3n) is 4.58. The number of amides is 2. The number of nitrogens with one attached hydrogen (secondary N) is 2. The summed E-state index contributed by atoms with van der Waals surface area (Å²) >= 11 is 6.59. The second kappa shape index (κ2) is 8.79. The van der Waals surface area contributed by atoms with Crippen molar-refractivity contribution in [2.24, 2.45) is 7.05 Å². The molecule has 13 heteroatoms. The minimum absolute atomic E-state index is 0.0360. The van der Waals surface area contributed by atoms with E-state index in [0.29, 0.717) is 16.0 Å². The van der Waals surface area contributed by atoms with Gasteiger partial charge in [0.15, 0.2) is 0 Å². The maximum absolute atomic E-state index is 13.0. The minimum Gasteiger partial charge on any atom is -0.344 e. The van der Waals surface area contributed by atoms with Gasteiger partial charge < -0.3 is 15.2 Å². The number of benzene rings is 1. The van der Waals surface area contributed by atoms with E-state index in [2.05, 4.69) is 25.6 Å². The van der Waals surface area contributed by atoms with Crippen LogP contribution in [-0.2, 0) is 19.8 Å². The summed E-state index contributed by atoms with van der Waals surface area (Å²) in [5.74, 6) is -1.07. The van der Waals surface area contributed by atoms with Gasteiger partial charge in [-0.2, -0.15) is 13.2 Å². The number of aryl methyl sites for hydroxylation is 1. The molecule has 0 aliphatic carbocycles. The first kappa shape index (κ1) is 22.7. The van der Waals surface area contributed by atoms with Crippen LogP contribution >= 0.6 is 22.9 Å². The molecule has 3 aromatic heterocycles. The summed E-state index contributed by atoms with van der Waals surface area (Å²) in [6, 6.07) is 4.82. The first-order chi connectivity index (χ1) is 15.6. The summed E-state index contributed by atoms with van der Waals surface area (Å²) in [5.41, 5.74) is -0.292. The molecule has 8 nitrogen and oxygen atoms in total. The van der Waals surface area contributed by atoms with Crippen LogP contribution in [0.25, 0.3) is 11.0 Å². The van der Waals surface area contributed by atoms with Crippen LogP contribution < -0.4 is 10.6 Å². The summed E-state index contributed by atoms with van der Waals surface area (Å²) in [7, 11) is 1.80. The van der Waals surface area contributed by atoms with Crippen LogP contribution in [0, 0.1) is 0 Å². The first-order valence-corrected chi connectivity index (χ1v) is 10.5. The molecule has 0 bridgehead atoms. The highest BCUT2D eigenvalue weighted by Gasteiger charge is 2.33. The van der Waals surface area contributed by atoms with Gasteiger partial charge in [-0.1, -0.05) is 11.6 Å². The SMILES string of the molecule is Cn1ccc2c(C(=O)NCc3ncc(C(=O)Nc4ccc(Cl)c(C(F)(F)F)c4)s3)ncnc21. The van der Waals surface area contributed by atoms with E-state index in [1.165, 1.54) is 18.6 Å². The molecule has 33 heavy (non-hydrogen) atoms. The first-order valence-electron chi connectivity index (χ1n) is 9.30. The van der Waals surface area contributed by atoms with E-state index >= 15 is 0 Å². The van der Waals surface area contributed by atoms with Gasteiger partial charge in [-0.3, -0.25) is 9.59 Å². The number of hydrogen-bond donors (Lipinski definition) is 2. The quantitative estimate of drug-likeness (QED) is 0.431. The van der Waals surface area contributed by atoms with E-state index in [4.69, 9.17) is 11.6 Å². The van der Waals surface area contributed by atoms with Crippen LogP contribution in [0.4, 0.5) is 18.9 Å². The summed E-state index contributed by atoms with van der Waals surface area (Å²) < 4.78 is 40.8. The Balaban J connectivity index is 1.42. The van der Waals surface area contributed by atoms with Crippen molar-refractivity contribution >= 4 is 51.5 Å². The van der Waals surface area contributed by atoms with E-state index in [1.807, 2.05) is 0 Å². The standard InChI is InChI=1S/C20H14ClF3N6O2S/c1-30-5-4-11-16(27-9-28-17(11)30)19(32)26-8-15-25-7-14(33-15)18(31)29-10-2-3-13(21)12(6-10)20(22,23)24/h2-7,9H,8H2,1H3,(H,26,32)(H,29,31). The fourth-order valence-electron chi connectivity index (χ4n) is 3.01. The average Bonchev–Trinajstić information content (AvgIpc) is 3.40. The van der Waals surface area contributed by atoms with Gasteiger partial charge in [-0.25, -0.2) is 15.0 Å². The van der Waals surface area contributed by atoms with Crippen LogP contribution in [0.2, 0.25) is 5.02 Å². The molecule has 0 aliphatic heterocycles. The summed E-state index contributed by atoms with van der Waals surface area (Å²) in [4.78, 5) is 37.4. The lowest BCUT2D eigenvalue weighted by molar-refractivity contribution is -0.137. The predicted octanol–water partition coefficient (Wildman–Crippen LogP) is 4.28. The fraction of sp³-hybridized carbons (Fsp3) is 0.150. The molecule has 3 heterocycles. The van der Waals surface area contributed by atoms with Crippen LogP contribution in [0.1, 0.15) is 30.7 Å². The maximum atomic E-state index is 13.0. The lowest BCUT2D eigenvalue weighted by Gasteiger charge is -2.11. The molecule has 0 spiro atoms. The normalized spacial score (nSPS) is 11.5. The van der Waals surface area contributed by atoms with E-state index in [0.717, 1.165) is 23.5 Å². The molecule has 2 amide bonds. The topological polar surface area (TPSA) is 102 Å². The second-order valence-electron chi connectivity index (χ2n) is 6.83. The Kier molecular flexibility index (Phi) is 6.04. The molecule has 2 N–H and O–H groups in total. The molecule has 4 aromatic rings. The lowest BCUT2D eigenvalue weighted by atomic mass is 10.2. The highest BCUT2D eigenvalue weighted by atomic mass is 35.5. The Hall–Kier alpha value is -3.51. The third kappa shape index (κ3) is 4.81. The largest absolute Gasteiger partial charge is 0.417 e. The molecule has 0 unspecified atom stereocenters. The molecule has 170 valence electrons. The zero-order valence-electron chi connectivity index (χ0n) is 16.8. The van der Waals surface area contributed by atoms with E-state index in [-0.39, 0.29) is 22.8 Å². The number of fused-ring (bicyclic) bond motifs is 1. The van der Waals surface area contributed by atoms with Crippen LogP contribution in [0.3, 0.4) is 0 Å². The Bertz CT molecular complexity index is 1370. The zero-order valence-corrected chi connectivity index (χ0v) is 18.3. The fourth-order valence-corrected chi connectivity index (χ4v) is 3.99. The van der Waals surface area contributed by atoms with Crippen LogP contribution in [0.15, 0.2) is 43.0 Å². The highest BCUT2D eigenvalue weighted by Crippen LogP contribution is 2.36. The van der Waals surface area contributed by atoms with Crippen molar-refractivity contribution in [3.05, 3.63) is 69.2 Å². The van der Waals surface area contributed by atoms with Crippen molar-refractivity contribution in [3.63, 3.8) is 0 Å². The van der Waals surface area contributed by atoms with Crippen molar-refractivity contribution in [3.8, 4) is 0 Å². The van der Waals surface area contributed by atoms with Gasteiger partial charge in [-0.05, 0) is 24.3 Å². The average molecular weight is 495 g/mol. The Morgan fingerprint density at radius 3 is 2.70 bits per heavy atom. The molecule has 1 aromatic carbocycles. The van der Waals surface area contributed by atoms with Gasteiger partial charge >= 0.3 is 6.18 Å². The Labute approximate surface area is 193 Å². The molecule has 0 atom stereocenters. The molecular weight excluding hydrogens is 481 g/mol. The molecule has 0 saturated heterocycles. The Morgan fingerprint density at radius 1 is 1.15 bits per heavy atom. The van der Waals surface area contributed by atoms with E-state index in [1.54, 1.807) is 23.9 Å². The number of hydrogen-bond acceptors (Lipinski definition) is 6. The molecule has 4 rings (SSSR count). The number of rotatable bonds is 5. The second-order valence-corrected chi connectivity index (χ2v) is 8.36. The molecular formula is C20H14ClF3N6O2S. The van der Waals surface area contributed by atoms with Gasteiger partial charge in [0.1, 0.15) is 27.6 Å². The zero-order chi connectivity index (χ0) is 23.8. The molecule has 0 saturated carbocycles. The summed E-state index contributed by atoms with van der Waals surface area (Å²) in [6.07, 6.45) is -0.310. The number of alkyl halides is 3. The number of nitrogens with zero attached hydrogens (tertiary/aromatic N) is 4. The van der Waals surface area contributed by atoms with Gasteiger partial charge in [0.05, 0.1) is 28.7 Å². The number of carbonyl (C=O) groups is 2. The van der Waals surface area contributed by atoms with Gasteiger partial charge in [0.25, 0.3) is 11.8 Å². The number of carbonyl (C=O) groups excluding carboxylic acids is 2. The number of anilines is 1.